The summed E-state index contributed by atoms with van der Waals surface area (Å²) in [6.07, 6.45) is 1.67. The first-order chi connectivity index (χ1) is 9.56. The third-order valence-corrected chi connectivity index (χ3v) is 4.04. The number of aromatic nitrogens is 3. The molecule has 3 rings (SSSR count). The van der Waals surface area contributed by atoms with Crippen LogP contribution in [0, 0.1) is 6.92 Å². The average Bonchev–Trinajstić information content (AvgIpc) is 2.70. The summed E-state index contributed by atoms with van der Waals surface area (Å²) in [6, 6.07) is 7.20. The number of halogens is 1. The summed E-state index contributed by atoms with van der Waals surface area (Å²) in [5.41, 5.74) is 0.204. The second kappa shape index (κ2) is 4.81. The van der Waals surface area contributed by atoms with Crippen molar-refractivity contribution in [1.29, 1.82) is 0 Å². The van der Waals surface area contributed by atoms with Gasteiger partial charge in [-0.25, -0.2) is 0 Å². The van der Waals surface area contributed by atoms with Gasteiger partial charge in [-0.05, 0) is 24.6 Å². The van der Waals surface area contributed by atoms with Gasteiger partial charge in [-0.15, -0.1) is 0 Å². The standard InChI is InChI=1S/C13H8ClN3O2S/c1-7-11(18)15-13-17(16-7)12(19)10(20-13)6-8-4-2-3-5-9(8)14/h2-6H,1H3/b10-6-. The predicted octanol–water partition coefficient (Wildman–Crippen LogP) is 1.02. The van der Waals surface area contributed by atoms with Crippen molar-refractivity contribution in [3.05, 3.63) is 65.8 Å². The van der Waals surface area contributed by atoms with Gasteiger partial charge in [0, 0.05) is 5.02 Å². The van der Waals surface area contributed by atoms with Gasteiger partial charge in [0.15, 0.2) is 0 Å². The van der Waals surface area contributed by atoms with E-state index in [9.17, 15) is 9.59 Å². The van der Waals surface area contributed by atoms with E-state index in [1.807, 2.05) is 18.2 Å². The molecular formula is C13H8ClN3O2S. The second-order valence-corrected chi connectivity index (χ2v) is 5.55. The average molecular weight is 306 g/mol. The molecule has 0 N–H and O–H groups in total. The molecule has 0 saturated heterocycles. The topological polar surface area (TPSA) is 64.3 Å². The first-order valence-corrected chi connectivity index (χ1v) is 6.92. The summed E-state index contributed by atoms with van der Waals surface area (Å²) >= 11 is 7.17. The van der Waals surface area contributed by atoms with Crippen LogP contribution in [0.4, 0.5) is 0 Å². The van der Waals surface area contributed by atoms with E-state index in [2.05, 4.69) is 10.1 Å². The van der Waals surface area contributed by atoms with Crippen LogP contribution in [0.5, 0.6) is 0 Å². The molecule has 0 amide bonds. The monoisotopic (exact) mass is 305 g/mol. The van der Waals surface area contributed by atoms with Gasteiger partial charge in [0.25, 0.3) is 11.1 Å². The van der Waals surface area contributed by atoms with Crippen molar-refractivity contribution in [2.24, 2.45) is 0 Å². The second-order valence-electron chi connectivity index (χ2n) is 4.13. The maximum Gasteiger partial charge on any atom is 0.295 e. The van der Waals surface area contributed by atoms with Crippen LogP contribution >= 0.6 is 22.9 Å². The summed E-state index contributed by atoms with van der Waals surface area (Å²) in [5.74, 6) is 0. The normalized spacial score (nSPS) is 12.2. The Morgan fingerprint density at radius 3 is 2.80 bits per heavy atom. The van der Waals surface area contributed by atoms with Gasteiger partial charge in [0.2, 0.25) is 4.96 Å². The van der Waals surface area contributed by atoms with E-state index in [4.69, 9.17) is 11.6 Å². The van der Waals surface area contributed by atoms with Crippen LogP contribution in [0.3, 0.4) is 0 Å². The molecule has 2 heterocycles. The van der Waals surface area contributed by atoms with Gasteiger partial charge in [0.05, 0.1) is 4.53 Å². The molecular weight excluding hydrogens is 298 g/mol. The van der Waals surface area contributed by atoms with Gasteiger partial charge >= 0.3 is 0 Å². The molecule has 0 atom stereocenters. The van der Waals surface area contributed by atoms with E-state index < -0.39 is 5.56 Å². The van der Waals surface area contributed by atoms with Crippen LogP contribution in [-0.4, -0.2) is 14.6 Å². The Morgan fingerprint density at radius 1 is 1.30 bits per heavy atom. The van der Waals surface area contributed by atoms with Crippen LogP contribution in [0.25, 0.3) is 11.0 Å². The molecule has 0 saturated carbocycles. The van der Waals surface area contributed by atoms with E-state index in [0.29, 0.717) is 9.55 Å². The zero-order chi connectivity index (χ0) is 14.3. The van der Waals surface area contributed by atoms with E-state index in [1.165, 1.54) is 6.92 Å². The van der Waals surface area contributed by atoms with Gasteiger partial charge < -0.3 is 0 Å². The van der Waals surface area contributed by atoms with Crippen LogP contribution in [0.15, 0.2) is 33.9 Å². The van der Waals surface area contributed by atoms with E-state index in [-0.39, 0.29) is 16.2 Å². The van der Waals surface area contributed by atoms with Crippen LogP contribution in [0.2, 0.25) is 5.02 Å². The van der Waals surface area contributed by atoms with Crippen molar-refractivity contribution < 1.29 is 0 Å². The van der Waals surface area contributed by atoms with Crippen LogP contribution < -0.4 is 15.7 Å². The maximum absolute atomic E-state index is 12.2. The molecule has 0 aliphatic carbocycles. The highest BCUT2D eigenvalue weighted by Crippen LogP contribution is 2.15. The Labute approximate surface area is 121 Å². The molecule has 0 fully saturated rings. The fraction of sp³-hybridized carbons (Fsp3) is 0.0769. The van der Waals surface area contributed by atoms with E-state index in [1.54, 1.807) is 12.1 Å². The van der Waals surface area contributed by atoms with Crippen molar-refractivity contribution in [1.82, 2.24) is 14.6 Å². The molecule has 0 spiro atoms. The first-order valence-electron chi connectivity index (χ1n) is 5.73. The largest absolute Gasteiger partial charge is 0.295 e. The lowest BCUT2D eigenvalue weighted by atomic mass is 10.2. The Balaban J connectivity index is 2.34. The number of thiazole rings is 1. The molecule has 0 radical (unpaired) electrons. The minimum absolute atomic E-state index is 0.196. The molecule has 20 heavy (non-hydrogen) atoms. The van der Waals surface area contributed by atoms with Gasteiger partial charge in [0.1, 0.15) is 5.69 Å². The summed E-state index contributed by atoms with van der Waals surface area (Å²) in [4.78, 5) is 27.8. The SMILES string of the molecule is Cc1nn2c(=O)/c(=C/c3ccccc3Cl)sc2nc1=O. The number of benzene rings is 1. The van der Waals surface area contributed by atoms with Gasteiger partial charge in [-0.2, -0.15) is 14.6 Å². The maximum atomic E-state index is 12.2. The van der Waals surface area contributed by atoms with Crippen molar-refractivity contribution in [3.8, 4) is 0 Å². The summed E-state index contributed by atoms with van der Waals surface area (Å²) in [5, 5.41) is 4.50. The molecule has 5 nitrogen and oxygen atoms in total. The summed E-state index contributed by atoms with van der Waals surface area (Å²) in [7, 11) is 0. The number of fused-ring (bicyclic) bond motifs is 1. The molecule has 2 aromatic heterocycles. The lowest BCUT2D eigenvalue weighted by Crippen LogP contribution is -2.27. The Hall–Kier alpha value is -2.05. The van der Waals surface area contributed by atoms with Gasteiger partial charge in [-0.3, -0.25) is 9.59 Å². The molecule has 1 aromatic carbocycles. The minimum Gasteiger partial charge on any atom is -0.266 e. The quantitative estimate of drug-likeness (QED) is 0.673. The highest BCUT2D eigenvalue weighted by Gasteiger charge is 2.08. The lowest BCUT2D eigenvalue weighted by molar-refractivity contribution is 0.833. The summed E-state index contributed by atoms with van der Waals surface area (Å²) < 4.78 is 1.58. The third kappa shape index (κ3) is 2.13. The van der Waals surface area contributed by atoms with Crippen LogP contribution in [0.1, 0.15) is 11.3 Å². The highest BCUT2D eigenvalue weighted by molar-refractivity contribution is 7.15. The molecule has 100 valence electrons. The van der Waals surface area contributed by atoms with Crippen LogP contribution in [-0.2, 0) is 0 Å². The van der Waals surface area contributed by atoms with Gasteiger partial charge in [-0.1, -0.05) is 41.1 Å². The number of aryl methyl sites for hydroxylation is 1. The number of hydrogen-bond donors (Lipinski definition) is 0. The Morgan fingerprint density at radius 2 is 2.05 bits per heavy atom. The first kappa shape index (κ1) is 13.0. The van der Waals surface area contributed by atoms with E-state index in [0.717, 1.165) is 21.4 Å². The molecule has 0 aliphatic rings. The fourth-order valence-corrected chi connectivity index (χ4v) is 2.81. The number of nitrogens with zero attached hydrogens (tertiary/aromatic N) is 3. The summed E-state index contributed by atoms with van der Waals surface area (Å²) in [6.45, 7) is 1.52. The van der Waals surface area contributed by atoms with E-state index >= 15 is 0 Å². The fourth-order valence-electron chi connectivity index (χ4n) is 1.72. The lowest BCUT2D eigenvalue weighted by Gasteiger charge is -1.94. The zero-order valence-electron chi connectivity index (χ0n) is 10.3. The Bertz CT molecular complexity index is 977. The predicted molar refractivity (Wildman–Crippen MR) is 78.4 cm³/mol. The smallest absolute Gasteiger partial charge is 0.266 e. The highest BCUT2D eigenvalue weighted by atomic mass is 35.5. The molecule has 3 aromatic rings. The number of hydrogen-bond acceptors (Lipinski definition) is 5. The number of rotatable bonds is 1. The minimum atomic E-state index is -0.421. The third-order valence-electron chi connectivity index (χ3n) is 2.73. The zero-order valence-corrected chi connectivity index (χ0v) is 11.9. The van der Waals surface area contributed by atoms with Crippen molar-refractivity contribution in [2.45, 2.75) is 6.92 Å². The van der Waals surface area contributed by atoms with Crippen molar-refractivity contribution in [2.75, 3.05) is 0 Å². The Kier molecular flexibility index (Phi) is 3.11. The van der Waals surface area contributed by atoms with Crippen molar-refractivity contribution in [3.63, 3.8) is 0 Å². The molecule has 0 bridgehead atoms. The van der Waals surface area contributed by atoms with Crippen molar-refractivity contribution >= 4 is 34.0 Å². The molecule has 0 aliphatic heterocycles. The molecule has 7 heteroatoms. The molecule has 0 unspecified atom stereocenters.